The van der Waals surface area contributed by atoms with Crippen molar-refractivity contribution in [2.75, 3.05) is 32.7 Å². The van der Waals surface area contributed by atoms with Gasteiger partial charge < -0.3 is 9.47 Å². The minimum absolute atomic E-state index is 0.672. The summed E-state index contributed by atoms with van der Waals surface area (Å²) in [5.74, 6) is 0.895. The fraction of sp³-hybridized carbons (Fsp3) is 0.632. The molecule has 1 saturated heterocycles. The highest BCUT2D eigenvalue weighted by atomic mass is 127. The number of pyridine rings is 1. The second kappa shape index (κ2) is 7.30. The predicted molar refractivity (Wildman–Crippen MR) is 107 cm³/mol. The molecule has 1 aliphatic carbocycles. The standard InChI is InChI=1S/C19H27IN4/c1-15-13-24(19-6-7-21-12-18(15)19)17-4-2-16(3-5-17)14-22-8-10-23(20)11-9-22/h6-7,12-13,16-17H,2-5,8-11,14H2,1H3. The zero-order chi connectivity index (χ0) is 16.5. The summed E-state index contributed by atoms with van der Waals surface area (Å²) < 4.78 is 4.94. The average molecular weight is 438 g/mol. The van der Waals surface area contributed by atoms with Gasteiger partial charge in [0.2, 0.25) is 0 Å². The Morgan fingerprint density at radius 3 is 2.62 bits per heavy atom. The van der Waals surface area contributed by atoms with Crippen LogP contribution in [0.3, 0.4) is 0 Å². The molecule has 0 radical (unpaired) electrons. The first-order valence-corrected chi connectivity index (χ1v) is 10.2. The van der Waals surface area contributed by atoms with Gasteiger partial charge in [0, 0.05) is 85.6 Å². The van der Waals surface area contributed by atoms with Gasteiger partial charge in [-0.05, 0) is 50.2 Å². The summed E-state index contributed by atoms with van der Waals surface area (Å²) in [4.78, 5) is 6.97. The summed E-state index contributed by atoms with van der Waals surface area (Å²) in [5, 5.41) is 1.32. The van der Waals surface area contributed by atoms with Crippen molar-refractivity contribution in [3.8, 4) is 0 Å². The lowest BCUT2D eigenvalue weighted by molar-refractivity contribution is 0.150. The largest absolute Gasteiger partial charge is 0.344 e. The quantitative estimate of drug-likeness (QED) is 0.534. The van der Waals surface area contributed by atoms with Crippen molar-refractivity contribution in [2.45, 2.75) is 38.6 Å². The van der Waals surface area contributed by atoms with Crippen molar-refractivity contribution in [1.29, 1.82) is 0 Å². The van der Waals surface area contributed by atoms with Crippen LogP contribution in [0.15, 0.2) is 24.7 Å². The summed E-state index contributed by atoms with van der Waals surface area (Å²) in [6.07, 6.45) is 11.7. The lowest BCUT2D eigenvalue weighted by Crippen LogP contribution is -2.44. The maximum Gasteiger partial charge on any atom is 0.0516 e. The third kappa shape index (κ3) is 3.48. The van der Waals surface area contributed by atoms with E-state index in [1.165, 1.54) is 74.9 Å². The van der Waals surface area contributed by atoms with Gasteiger partial charge in [-0.25, -0.2) is 3.11 Å². The Labute approximate surface area is 158 Å². The lowest BCUT2D eigenvalue weighted by atomic mass is 9.85. The number of rotatable bonds is 3. The number of fused-ring (bicyclic) bond motifs is 1. The molecule has 1 aliphatic heterocycles. The van der Waals surface area contributed by atoms with Crippen LogP contribution in [0.5, 0.6) is 0 Å². The van der Waals surface area contributed by atoms with Crippen LogP contribution in [0.4, 0.5) is 0 Å². The molecular formula is C19H27IN4. The van der Waals surface area contributed by atoms with E-state index in [-0.39, 0.29) is 0 Å². The molecule has 0 amide bonds. The molecular weight excluding hydrogens is 411 g/mol. The van der Waals surface area contributed by atoms with Gasteiger partial charge in [-0.2, -0.15) is 0 Å². The van der Waals surface area contributed by atoms with Crippen LogP contribution in [-0.2, 0) is 0 Å². The van der Waals surface area contributed by atoms with Crippen LogP contribution in [-0.4, -0.2) is 50.3 Å². The summed E-state index contributed by atoms with van der Waals surface area (Å²) in [5.41, 5.74) is 2.72. The number of aryl methyl sites for hydroxylation is 1. The summed E-state index contributed by atoms with van der Waals surface area (Å²) >= 11 is 2.45. The van der Waals surface area contributed by atoms with Gasteiger partial charge in [0.05, 0.1) is 5.52 Å². The van der Waals surface area contributed by atoms with Crippen molar-refractivity contribution >= 4 is 33.8 Å². The van der Waals surface area contributed by atoms with E-state index in [2.05, 4.69) is 59.6 Å². The van der Waals surface area contributed by atoms with Crippen molar-refractivity contribution in [1.82, 2.24) is 17.6 Å². The zero-order valence-corrected chi connectivity index (χ0v) is 16.7. The molecule has 4 rings (SSSR count). The second-order valence-corrected chi connectivity index (χ2v) is 8.86. The molecule has 2 fully saturated rings. The highest BCUT2D eigenvalue weighted by Crippen LogP contribution is 2.35. The Kier molecular flexibility index (Phi) is 5.10. The third-order valence-corrected chi connectivity index (χ3v) is 6.84. The number of aromatic nitrogens is 2. The molecule has 2 aromatic heterocycles. The number of nitrogens with zero attached hydrogens (tertiary/aromatic N) is 4. The Morgan fingerprint density at radius 1 is 1.12 bits per heavy atom. The first-order chi connectivity index (χ1) is 11.7. The van der Waals surface area contributed by atoms with Gasteiger partial charge in [-0.1, -0.05) is 0 Å². The van der Waals surface area contributed by atoms with Gasteiger partial charge in [0.15, 0.2) is 0 Å². The van der Waals surface area contributed by atoms with Crippen molar-refractivity contribution in [2.24, 2.45) is 5.92 Å². The zero-order valence-electron chi connectivity index (χ0n) is 14.5. The van der Waals surface area contributed by atoms with E-state index in [1.807, 2.05) is 12.4 Å². The molecule has 0 unspecified atom stereocenters. The molecule has 0 N–H and O–H groups in total. The SMILES string of the molecule is Cc1cn(C2CCC(CN3CCN(I)CC3)CC2)c2ccncc12. The fourth-order valence-corrected chi connectivity index (χ4v) is 4.87. The average Bonchev–Trinajstić information content (AvgIpc) is 2.95. The van der Waals surface area contributed by atoms with Gasteiger partial charge in [-0.3, -0.25) is 4.98 Å². The minimum Gasteiger partial charge on any atom is -0.344 e. The van der Waals surface area contributed by atoms with Gasteiger partial charge in [0.25, 0.3) is 0 Å². The molecule has 0 spiro atoms. The summed E-state index contributed by atoms with van der Waals surface area (Å²) in [7, 11) is 0. The Morgan fingerprint density at radius 2 is 1.88 bits per heavy atom. The van der Waals surface area contributed by atoms with Gasteiger partial charge in [-0.15, -0.1) is 0 Å². The summed E-state index contributed by atoms with van der Waals surface area (Å²) in [6, 6.07) is 2.85. The van der Waals surface area contributed by atoms with Crippen molar-refractivity contribution < 1.29 is 0 Å². The second-order valence-electron chi connectivity index (χ2n) is 7.50. The molecule has 5 heteroatoms. The Bertz CT molecular complexity index is 682. The molecule has 0 aromatic carbocycles. The topological polar surface area (TPSA) is 24.3 Å². The first kappa shape index (κ1) is 16.8. The third-order valence-electron chi connectivity index (χ3n) is 5.88. The van der Waals surface area contributed by atoms with E-state index in [4.69, 9.17) is 0 Å². The van der Waals surface area contributed by atoms with E-state index < -0.39 is 0 Å². The highest BCUT2D eigenvalue weighted by Gasteiger charge is 2.26. The normalized spacial score (nSPS) is 26.9. The van der Waals surface area contributed by atoms with Crippen LogP contribution < -0.4 is 0 Å². The van der Waals surface area contributed by atoms with Crippen LogP contribution in [0.1, 0.15) is 37.3 Å². The van der Waals surface area contributed by atoms with Crippen LogP contribution in [0.2, 0.25) is 0 Å². The molecule has 3 heterocycles. The fourth-order valence-electron chi connectivity index (χ4n) is 4.44. The Balaban J connectivity index is 1.37. The molecule has 0 atom stereocenters. The van der Waals surface area contributed by atoms with Crippen molar-refractivity contribution in [3.63, 3.8) is 0 Å². The summed E-state index contributed by atoms with van der Waals surface area (Å²) in [6.45, 7) is 8.46. The maximum absolute atomic E-state index is 4.29. The minimum atomic E-state index is 0.672. The number of hydrogen-bond donors (Lipinski definition) is 0. The van der Waals surface area contributed by atoms with Gasteiger partial charge in [0.1, 0.15) is 0 Å². The maximum atomic E-state index is 4.29. The van der Waals surface area contributed by atoms with E-state index in [0.29, 0.717) is 6.04 Å². The van der Waals surface area contributed by atoms with Gasteiger partial charge >= 0.3 is 0 Å². The van der Waals surface area contributed by atoms with E-state index in [1.54, 1.807) is 0 Å². The van der Waals surface area contributed by atoms with Crippen LogP contribution in [0, 0.1) is 12.8 Å². The van der Waals surface area contributed by atoms with Crippen molar-refractivity contribution in [3.05, 3.63) is 30.2 Å². The monoisotopic (exact) mass is 438 g/mol. The van der Waals surface area contributed by atoms with Crippen LogP contribution >= 0.6 is 22.9 Å². The van der Waals surface area contributed by atoms with Crippen LogP contribution in [0.25, 0.3) is 10.9 Å². The molecule has 0 bridgehead atoms. The number of piperazine rings is 1. The molecule has 24 heavy (non-hydrogen) atoms. The molecule has 130 valence electrons. The van der Waals surface area contributed by atoms with E-state index in [9.17, 15) is 0 Å². The molecule has 1 saturated carbocycles. The van der Waals surface area contributed by atoms with E-state index >= 15 is 0 Å². The highest BCUT2D eigenvalue weighted by molar-refractivity contribution is 14.1. The smallest absolute Gasteiger partial charge is 0.0516 e. The predicted octanol–water partition coefficient (Wildman–Crippen LogP) is 4.04. The molecule has 2 aromatic rings. The first-order valence-electron chi connectivity index (χ1n) is 9.25. The van der Waals surface area contributed by atoms with E-state index in [0.717, 1.165) is 5.92 Å². The molecule has 4 nitrogen and oxygen atoms in total. The Hall–Kier alpha value is -0.660. The molecule has 2 aliphatic rings. The number of hydrogen-bond acceptors (Lipinski definition) is 3. The lowest BCUT2D eigenvalue weighted by Gasteiger charge is -2.36. The number of halogens is 1.